The van der Waals surface area contributed by atoms with Gasteiger partial charge < -0.3 is 15.8 Å². The second-order valence-corrected chi connectivity index (χ2v) is 4.66. The molecule has 0 bridgehead atoms. The second-order valence-electron chi connectivity index (χ2n) is 4.66. The molecule has 2 aromatic rings. The van der Waals surface area contributed by atoms with Gasteiger partial charge >= 0.3 is 6.01 Å². The maximum Gasteiger partial charge on any atom is 0.323 e. The largest absolute Gasteiger partial charge is 0.464 e. The summed E-state index contributed by atoms with van der Waals surface area (Å²) in [6.07, 6.45) is 0.900. The lowest BCUT2D eigenvalue weighted by Crippen LogP contribution is -2.12. The first kappa shape index (κ1) is 15.0. The van der Waals surface area contributed by atoms with Crippen LogP contribution in [-0.2, 0) is 6.54 Å². The Balaban J connectivity index is 1.84. The highest BCUT2D eigenvalue weighted by Crippen LogP contribution is 2.09. The molecule has 8 nitrogen and oxygen atoms in total. The van der Waals surface area contributed by atoms with Crippen molar-refractivity contribution in [3.8, 4) is 6.01 Å². The van der Waals surface area contributed by atoms with E-state index in [1.54, 1.807) is 0 Å². The second kappa shape index (κ2) is 6.87. The molecule has 114 valence electrons. The lowest BCUT2D eigenvalue weighted by molar-refractivity contribution is 0.312. The molecule has 8 heteroatoms. The fourth-order valence-electron chi connectivity index (χ4n) is 1.98. The van der Waals surface area contributed by atoms with Crippen molar-refractivity contribution in [2.24, 2.45) is 0 Å². The molecular weight excluding hydrogens is 270 g/mol. The lowest BCUT2D eigenvalue weighted by atomic mass is 10.4. The third-order valence-electron chi connectivity index (χ3n) is 2.84. The highest BCUT2D eigenvalue weighted by atomic mass is 16.5. The van der Waals surface area contributed by atoms with E-state index < -0.39 is 0 Å². The number of rotatable bonds is 7. The smallest absolute Gasteiger partial charge is 0.323 e. The summed E-state index contributed by atoms with van der Waals surface area (Å²) in [5, 5.41) is 7.53. The molecule has 0 radical (unpaired) electrons. The van der Waals surface area contributed by atoms with Crippen LogP contribution in [0.2, 0.25) is 0 Å². The first-order chi connectivity index (χ1) is 10.1. The number of hydrogen-bond donors (Lipinski definition) is 2. The van der Waals surface area contributed by atoms with Gasteiger partial charge in [0.1, 0.15) is 0 Å². The molecule has 3 N–H and O–H groups in total. The van der Waals surface area contributed by atoms with Crippen molar-refractivity contribution in [3.05, 3.63) is 17.5 Å². The van der Waals surface area contributed by atoms with Crippen LogP contribution < -0.4 is 15.8 Å². The Morgan fingerprint density at radius 1 is 1.29 bits per heavy atom. The molecule has 21 heavy (non-hydrogen) atoms. The summed E-state index contributed by atoms with van der Waals surface area (Å²) < 4.78 is 7.22. The molecular formula is C13H21N7O. The fourth-order valence-corrected chi connectivity index (χ4v) is 1.98. The minimum Gasteiger partial charge on any atom is -0.464 e. The quantitative estimate of drug-likeness (QED) is 0.738. The number of aromatic nitrogens is 5. The minimum absolute atomic E-state index is 0.148. The van der Waals surface area contributed by atoms with Crippen LogP contribution in [0.4, 0.5) is 11.9 Å². The van der Waals surface area contributed by atoms with Crippen molar-refractivity contribution in [2.75, 3.05) is 24.2 Å². The minimum atomic E-state index is 0.148. The predicted octanol–water partition coefficient (Wildman–Crippen LogP) is 1.17. The third kappa shape index (κ3) is 4.30. The molecule has 0 saturated carbocycles. The van der Waals surface area contributed by atoms with Crippen LogP contribution in [0.1, 0.15) is 24.7 Å². The molecule has 0 aliphatic carbocycles. The van der Waals surface area contributed by atoms with Crippen molar-refractivity contribution in [1.29, 1.82) is 0 Å². The van der Waals surface area contributed by atoms with Crippen LogP contribution in [0.25, 0.3) is 0 Å². The number of hydrogen-bond acceptors (Lipinski definition) is 7. The van der Waals surface area contributed by atoms with Gasteiger partial charge in [-0.3, -0.25) is 4.68 Å². The number of nitrogen functional groups attached to an aromatic ring is 1. The number of nitrogens with two attached hydrogens (primary N) is 1. The fraction of sp³-hybridized carbons (Fsp3) is 0.538. The van der Waals surface area contributed by atoms with Gasteiger partial charge in [0.05, 0.1) is 12.3 Å². The van der Waals surface area contributed by atoms with Crippen LogP contribution in [0.5, 0.6) is 6.01 Å². The van der Waals surface area contributed by atoms with Gasteiger partial charge in [0, 0.05) is 18.8 Å². The van der Waals surface area contributed by atoms with Crippen molar-refractivity contribution >= 4 is 11.9 Å². The maximum absolute atomic E-state index is 5.61. The van der Waals surface area contributed by atoms with Crippen LogP contribution in [-0.4, -0.2) is 37.9 Å². The Labute approximate surface area is 123 Å². The van der Waals surface area contributed by atoms with E-state index in [4.69, 9.17) is 10.5 Å². The van der Waals surface area contributed by atoms with Crippen LogP contribution in [0.3, 0.4) is 0 Å². The molecule has 0 atom stereocenters. The van der Waals surface area contributed by atoms with Crippen LogP contribution >= 0.6 is 0 Å². The van der Waals surface area contributed by atoms with E-state index in [-0.39, 0.29) is 12.0 Å². The molecule has 0 unspecified atom stereocenters. The molecule has 0 aromatic carbocycles. The van der Waals surface area contributed by atoms with Crippen molar-refractivity contribution in [3.63, 3.8) is 0 Å². The predicted molar refractivity (Wildman–Crippen MR) is 80.2 cm³/mol. The van der Waals surface area contributed by atoms with Crippen molar-refractivity contribution < 1.29 is 4.74 Å². The zero-order valence-corrected chi connectivity index (χ0v) is 12.6. The SMILES string of the molecule is CCOc1nc(N)nc(NCCCn2nc(C)cc2C)n1. The highest BCUT2D eigenvalue weighted by molar-refractivity contribution is 5.32. The van der Waals surface area contributed by atoms with E-state index in [2.05, 4.69) is 38.4 Å². The molecule has 0 spiro atoms. The summed E-state index contributed by atoms with van der Waals surface area (Å²) in [7, 11) is 0. The summed E-state index contributed by atoms with van der Waals surface area (Å²) in [6, 6.07) is 2.31. The Hall–Kier alpha value is -2.38. The Kier molecular flexibility index (Phi) is 4.91. The van der Waals surface area contributed by atoms with Gasteiger partial charge in [0.15, 0.2) is 0 Å². The number of nitrogens with one attached hydrogen (secondary N) is 1. The summed E-state index contributed by atoms with van der Waals surface area (Å²) in [5.41, 5.74) is 7.81. The number of ether oxygens (including phenoxy) is 1. The molecule has 0 aliphatic heterocycles. The molecule has 0 fully saturated rings. The normalized spacial score (nSPS) is 10.6. The average molecular weight is 291 g/mol. The van der Waals surface area contributed by atoms with Gasteiger partial charge in [-0.05, 0) is 33.3 Å². The van der Waals surface area contributed by atoms with Crippen molar-refractivity contribution in [1.82, 2.24) is 24.7 Å². The number of anilines is 2. The molecule has 0 amide bonds. The Morgan fingerprint density at radius 2 is 2.10 bits per heavy atom. The van der Waals surface area contributed by atoms with Gasteiger partial charge in [-0.25, -0.2) is 0 Å². The van der Waals surface area contributed by atoms with Gasteiger partial charge in [0.25, 0.3) is 0 Å². The van der Waals surface area contributed by atoms with Crippen LogP contribution in [0, 0.1) is 13.8 Å². The zero-order chi connectivity index (χ0) is 15.2. The van der Waals surface area contributed by atoms with E-state index in [1.807, 2.05) is 18.5 Å². The van der Waals surface area contributed by atoms with Gasteiger partial charge in [-0.2, -0.15) is 20.1 Å². The molecule has 2 aromatic heterocycles. The van der Waals surface area contributed by atoms with Gasteiger partial charge in [-0.15, -0.1) is 0 Å². The number of nitrogens with zero attached hydrogens (tertiary/aromatic N) is 5. The lowest BCUT2D eigenvalue weighted by Gasteiger charge is -2.08. The Bertz CT molecular complexity index is 596. The van der Waals surface area contributed by atoms with Crippen LogP contribution in [0.15, 0.2) is 6.07 Å². The topological polar surface area (TPSA) is 104 Å². The van der Waals surface area contributed by atoms with E-state index in [0.29, 0.717) is 19.1 Å². The number of aryl methyl sites for hydroxylation is 3. The monoisotopic (exact) mass is 291 g/mol. The van der Waals surface area contributed by atoms with E-state index in [0.717, 1.165) is 24.4 Å². The van der Waals surface area contributed by atoms with Crippen molar-refractivity contribution in [2.45, 2.75) is 33.7 Å². The highest BCUT2D eigenvalue weighted by Gasteiger charge is 2.05. The summed E-state index contributed by atoms with van der Waals surface area (Å²) in [5.74, 6) is 0.578. The summed E-state index contributed by atoms with van der Waals surface area (Å²) in [6.45, 7) is 7.94. The molecule has 2 heterocycles. The first-order valence-electron chi connectivity index (χ1n) is 6.97. The average Bonchev–Trinajstić information content (AvgIpc) is 2.73. The van der Waals surface area contributed by atoms with E-state index in [1.165, 1.54) is 0 Å². The molecule has 0 saturated heterocycles. The third-order valence-corrected chi connectivity index (χ3v) is 2.84. The summed E-state index contributed by atoms with van der Waals surface area (Å²) in [4.78, 5) is 12.0. The summed E-state index contributed by atoms with van der Waals surface area (Å²) >= 11 is 0. The van der Waals surface area contributed by atoms with E-state index in [9.17, 15) is 0 Å². The Morgan fingerprint density at radius 3 is 2.76 bits per heavy atom. The molecule has 2 rings (SSSR count). The first-order valence-corrected chi connectivity index (χ1v) is 6.97. The van der Waals surface area contributed by atoms with Gasteiger partial charge in [-0.1, -0.05) is 0 Å². The zero-order valence-electron chi connectivity index (χ0n) is 12.6. The van der Waals surface area contributed by atoms with E-state index >= 15 is 0 Å². The maximum atomic E-state index is 5.61. The standard InChI is InChI=1S/C13H21N7O/c1-4-21-13-17-11(14)16-12(18-13)15-6-5-7-20-10(3)8-9(2)19-20/h8H,4-7H2,1-3H3,(H3,14,15,16,17,18). The molecule has 0 aliphatic rings. The van der Waals surface area contributed by atoms with Gasteiger partial charge in [0.2, 0.25) is 11.9 Å².